The molecule has 4 aromatic rings. The molecule has 2 N–H and O–H groups in total. The van der Waals surface area contributed by atoms with Crippen LogP contribution in [0.25, 0.3) is 10.2 Å². The van der Waals surface area contributed by atoms with Crippen molar-refractivity contribution in [3.63, 3.8) is 0 Å². The summed E-state index contributed by atoms with van der Waals surface area (Å²) < 4.78 is 7.27. The van der Waals surface area contributed by atoms with Gasteiger partial charge in [0.1, 0.15) is 5.75 Å². The highest BCUT2D eigenvalue weighted by molar-refractivity contribution is 7.22. The largest absolute Gasteiger partial charge is 0.439 e. The van der Waals surface area contributed by atoms with E-state index in [0.717, 1.165) is 51.6 Å². The third kappa shape index (κ3) is 4.01. The van der Waals surface area contributed by atoms with Gasteiger partial charge >= 0.3 is 0 Å². The number of nitrogens with zero attached hydrogens (tertiary/aromatic N) is 2. The minimum atomic E-state index is -0.605. The zero-order valence-electron chi connectivity index (χ0n) is 16.7. The molecule has 1 aliphatic carbocycles. The monoisotopic (exact) mass is 417 g/mol. The van der Waals surface area contributed by atoms with Crippen molar-refractivity contribution in [2.24, 2.45) is 0 Å². The van der Waals surface area contributed by atoms with Crippen LogP contribution in [0, 0.1) is 0 Å². The maximum Gasteiger partial charge on any atom is 0.222 e. The van der Waals surface area contributed by atoms with E-state index in [1.54, 1.807) is 17.5 Å². The second-order valence-corrected chi connectivity index (χ2v) is 9.10. The van der Waals surface area contributed by atoms with Crippen LogP contribution in [0.3, 0.4) is 0 Å². The highest BCUT2D eigenvalue weighted by atomic mass is 32.1. The number of fused-ring (bicyclic) bond motifs is 1. The van der Waals surface area contributed by atoms with Crippen molar-refractivity contribution in [3.8, 4) is 11.6 Å². The van der Waals surface area contributed by atoms with Gasteiger partial charge in [-0.15, -0.1) is 0 Å². The zero-order valence-corrected chi connectivity index (χ0v) is 17.5. The zero-order chi connectivity index (χ0) is 20.6. The molecule has 0 radical (unpaired) electrons. The molecule has 0 spiro atoms. The summed E-state index contributed by atoms with van der Waals surface area (Å²) in [5, 5.41) is 14.6. The minimum absolute atomic E-state index is 0.267. The second kappa shape index (κ2) is 7.70. The number of nitrogens with one attached hydrogen (secondary N) is 1. The molecule has 0 saturated heterocycles. The summed E-state index contributed by atoms with van der Waals surface area (Å²) in [6.07, 6.45) is 4.23. The summed E-state index contributed by atoms with van der Waals surface area (Å²) in [6, 6.07) is 19.9. The summed E-state index contributed by atoms with van der Waals surface area (Å²) in [6.45, 7) is 1.90. The van der Waals surface area contributed by atoms with Gasteiger partial charge in [0.05, 0.1) is 15.8 Å². The van der Waals surface area contributed by atoms with Crippen molar-refractivity contribution in [3.05, 3.63) is 72.4 Å². The molecule has 5 nitrogen and oxygen atoms in total. The Bertz CT molecular complexity index is 1140. The first-order valence-electron chi connectivity index (χ1n) is 10.1. The Morgan fingerprint density at radius 2 is 1.93 bits per heavy atom. The van der Waals surface area contributed by atoms with Crippen molar-refractivity contribution in [1.29, 1.82) is 0 Å². The smallest absolute Gasteiger partial charge is 0.222 e. The lowest BCUT2D eigenvalue weighted by atomic mass is 9.96. The molecule has 6 heteroatoms. The number of benzene rings is 2. The molecule has 30 heavy (non-hydrogen) atoms. The predicted molar refractivity (Wildman–Crippen MR) is 121 cm³/mol. The summed E-state index contributed by atoms with van der Waals surface area (Å²) >= 11 is 1.63. The van der Waals surface area contributed by atoms with Gasteiger partial charge in [-0.1, -0.05) is 29.5 Å². The summed E-state index contributed by atoms with van der Waals surface area (Å²) in [5.74, 6) is 1.62. The van der Waals surface area contributed by atoms with Crippen molar-refractivity contribution < 1.29 is 9.84 Å². The maximum atomic E-state index is 10.3. The fourth-order valence-corrected chi connectivity index (χ4v) is 4.94. The maximum absolute atomic E-state index is 10.3. The van der Waals surface area contributed by atoms with E-state index in [0.29, 0.717) is 5.88 Å². The van der Waals surface area contributed by atoms with Gasteiger partial charge in [-0.25, -0.2) is 9.97 Å². The molecular weight excluding hydrogens is 394 g/mol. The van der Waals surface area contributed by atoms with Gasteiger partial charge in [0.15, 0.2) is 5.13 Å². The third-order valence-electron chi connectivity index (χ3n) is 5.57. The number of thiazole rings is 1. The third-order valence-corrected chi connectivity index (χ3v) is 6.52. The molecule has 2 aromatic heterocycles. The minimum Gasteiger partial charge on any atom is -0.439 e. The molecule has 0 unspecified atom stereocenters. The van der Waals surface area contributed by atoms with Crippen LogP contribution in [0.4, 0.5) is 10.8 Å². The molecule has 0 amide bonds. The van der Waals surface area contributed by atoms with E-state index in [1.807, 2.05) is 55.5 Å². The van der Waals surface area contributed by atoms with E-state index in [1.165, 1.54) is 0 Å². The molecule has 2 aromatic carbocycles. The number of hydrogen-bond acceptors (Lipinski definition) is 6. The van der Waals surface area contributed by atoms with E-state index >= 15 is 0 Å². The Kier molecular flexibility index (Phi) is 4.89. The van der Waals surface area contributed by atoms with Gasteiger partial charge in [0, 0.05) is 17.4 Å². The lowest BCUT2D eigenvalue weighted by molar-refractivity contribution is 0.0664. The number of pyridine rings is 1. The average Bonchev–Trinajstić information content (AvgIpc) is 3.32. The first-order chi connectivity index (χ1) is 14.6. The summed E-state index contributed by atoms with van der Waals surface area (Å²) in [7, 11) is 0. The number of ether oxygens (including phenoxy) is 1. The number of hydrogen-bond donors (Lipinski definition) is 2. The number of para-hydroxylation sites is 1. The molecule has 5 rings (SSSR count). The Hall–Kier alpha value is -2.96. The molecule has 1 aliphatic rings. The topological polar surface area (TPSA) is 67.3 Å². The van der Waals surface area contributed by atoms with Crippen molar-refractivity contribution in [1.82, 2.24) is 9.97 Å². The van der Waals surface area contributed by atoms with Crippen LogP contribution in [-0.2, 0) is 0 Å². The van der Waals surface area contributed by atoms with Crippen molar-refractivity contribution in [2.75, 3.05) is 5.32 Å². The standard InChI is InChI=1S/C24H23N3O2S/c1-24(28)13-12-16(15-24)19-5-4-14-25-22(19)29-18-10-8-17(9-11-18)26-23-27-20-6-2-3-7-21(20)30-23/h2-11,14,16,28H,12-13,15H2,1H3,(H,26,27)/t16-,24+/m0/s1. The Morgan fingerprint density at radius 3 is 2.70 bits per heavy atom. The van der Waals surface area contributed by atoms with Crippen LogP contribution in [0.1, 0.15) is 37.7 Å². The van der Waals surface area contributed by atoms with Gasteiger partial charge in [0.25, 0.3) is 0 Å². The number of anilines is 2. The molecule has 1 saturated carbocycles. The molecular formula is C24H23N3O2S. The fraction of sp³-hybridized carbons (Fsp3) is 0.250. The van der Waals surface area contributed by atoms with E-state index < -0.39 is 5.60 Å². The van der Waals surface area contributed by atoms with Crippen LogP contribution >= 0.6 is 11.3 Å². The highest BCUT2D eigenvalue weighted by Crippen LogP contribution is 2.43. The van der Waals surface area contributed by atoms with E-state index in [4.69, 9.17) is 4.74 Å². The van der Waals surface area contributed by atoms with Crippen LogP contribution in [-0.4, -0.2) is 20.7 Å². The summed E-state index contributed by atoms with van der Waals surface area (Å²) in [5.41, 5.74) is 2.41. The lowest BCUT2D eigenvalue weighted by Gasteiger charge is -2.18. The first kappa shape index (κ1) is 19.0. The molecule has 2 heterocycles. The number of aromatic nitrogens is 2. The van der Waals surface area contributed by atoms with Gasteiger partial charge < -0.3 is 15.2 Å². The van der Waals surface area contributed by atoms with Gasteiger partial charge in [-0.2, -0.15) is 0 Å². The molecule has 1 fully saturated rings. The van der Waals surface area contributed by atoms with E-state index in [9.17, 15) is 5.11 Å². The summed E-state index contributed by atoms with van der Waals surface area (Å²) in [4.78, 5) is 9.06. The lowest BCUT2D eigenvalue weighted by Crippen LogP contribution is -2.18. The molecule has 152 valence electrons. The van der Waals surface area contributed by atoms with Crippen LogP contribution in [0.2, 0.25) is 0 Å². The second-order valence-electron chi connectivity index (χ2n) is 8.07. The predicted octanol–water partition coefficient (Wildman–Crippen LogP) is 6.25. The van der Waals surface area contributed by atoms with Gasteiger partial charge in [-0.3, -0.25) is 0 Å². The quantitative estimate of drug-likeness (QED) is 0.402. The van der Waals surface area contributed by atoms with Gasteiger partial charge in [-0.05, 0) is 74.6 Å². The number of rotatable bonds is 5. The normalized spacial score (nSPS) is 21.1. The van der Waals surface area contributed by atoms with Crippen LogP contribution in [0.15, 0.2) is 66.9 Å². The van der Waals surface area contributed by atoms with Gasteiger partial charge in [0.2, 0.25) is 5.88 Å². The van der Waals surface area contributed by atoms with Crippen LogP contribution < -0.4 is 10.1 Å². The Morgan fingerprint density at radius 1 is 1.10 bits per heavy atom. The van der Waals surface area contributed by atoms with Crippen molar-refractivity contribution >= 4 is 32.4 Å². The fourth-order valence-electron chi connectivity index (χ4n) is 4.05. The molecule has 2 atom stereocenters. The van der Waals surface area contributed by atoms with Crippen LogP contribution in [0.5, 0.6) is 11.6 Å². The molecule has 0 bridgehead atoms. The van der Waals surface area contributed by atoms with E-state index in [2.05, 4.69) is 27.4 Å². The highest BCUT2D eigenvalue weighted by Gasteiger charge is 2.35. The Balaban J connectivity index is 1.31. The molecule has 0 aliphatic heterocycles. The van der Waals surface area contributed by atoms with Crippen molar-refractivity contribution in [2.45, 2.75) is 37.7 Å². The first-order valence-corrected chi connectivity index (χ1v) is 11.0. The number of aliphatic hydroxyl groups is 1. The SMILES string of the molecule is C[C@@]1(O)CC[C@H](c2cccnc2Oc2ccc(Nc3nc4ccccc4s3)cc2)C1. The average molecular weight is 418 g/mol. The van der Waals surface area contributed by atoms with E-state index in [-0.39, 0.29) is 5.92 Å². The Labute approximate surface area is 179 Å².